The van der Waals surface area contributed by atoms with Crippen LogP contribution in [0.5, 0.6) is 0 Å². The quantitative estimate of drug-likeness (QED) is 0.855. The van der Waals surface area contributed by atoms with Crippen molar-refractivity contribution in [1.82, 2.24) is 0 Å². The Labute approximate surface area is 123 Å². The molecule has 0 radical (unpaired) electrons. The van der Waals surface area contributed by atoms with Crippen LogP contribution in [-0.2, 0) is 16.1 Å². The van der Waals surface area contributed by atoms with Gasteiger partial charge in [-0.2, -0.15) is 0 Å². The molecule has 0 bridgehead atoms. The van der Waals surface area contributed by atoms with E-state index in [9.17, 15) is 4.79 Å². The van der Waals surface area contributed by atoms with Gasteiger partial charge in [0, 0.05) is 22.9 Å². The first kappa shape index (κ1) is 14.5. The molecule has 1 fully saturated rings. The summed E-state index contributed by atoms with van der Waals surface area (Å²) in [7, 11) is 0. The molecule has 1 saturated heterocycles. The number of nitrogens with one attached hydrogen (secondary N) is 1. The molecule has 1 aliphatic heterocycles. The van der Waals surface area contributed by atoms with Crippen LogP contribution in [0.3, 0.4) is 0 Å². The van der Waals surface area contributed by atoms with Gasteiger partial charge < -0.3 is 9.64 Å². The number of ether oxygens (including phenoxy) is 1. The molecule has 1 heterocycles. The van der Waals surface area contributed by atoms with E-state index in [1.54, 1.807) is 4.90 Å². The van der Waals surface area contributed by atoms with Crippen LogP contribution in [0.2, 0.25) is 0 Å². The summed E-state index contributed by atoms with van der Waals surface area (Å²) in [5, 5.41) is 0. The molecule has 1 aromatic rings. The van der Waals surface area contributed by atoms with E-state index < -0.39 is 0 Å². The van der Waals surface area contributed by atoms with Crippen LogP contribution in [0, 0.1) is 5.92 Å². The molecule has 4 heteroatoms. The molecule has 1 aromatic carbocycles. The second kappa shape index (κ2) is 7.06. The molecule has 0 amide bonds. The number of carbonyl (C=O) groups is 1. The second-order valence-corrected chi connectivity index (χ2v) is 6.00. The van der Waals surface area contributed by atoms with E-state index in [1.165, 1.54) is 5.56 Å². The molecule has 3 nitrogen and oxygen atoms in total. The highest BCUT2D eigenvalue weighted by Gasteiger charge is 2.28. The van der Waals surface area contributed by atoms with Gasteiger partial charge >= 0.3 is 5.97 Å². The Morgan fingerprint density at radius 2 is 1.95 bits per heavy atom. The van der Waals surface area contributed by atoms with Crippen molar-refractivity contribution in [3.8, 4) is 0 Å². The summed E-state index contributed by atoms with van der Waals surface area (Å²) in [6, 6.07) is 8.49. The van der Waals surface area contributed by atoms with E-state index in [-0.39, 0.29) is 11.9 Å². The Kier molecular flexibility index (Phi) is 5.40. The van der Waals surface area contributed by atoms with Gasteiger partial charge in [-0.25, -0.2) is 0 Å². The molecule has 0 aliphatic carbocycles. The number of esters is 1. The van der Waals surface area contributed by atoms with Crippen LogP contribution >= 0.6 is 15.9 Å². The highest BCUT2D eigenvalue weighted by atomic mass is 79.9. The monoisotopic (exact) mass is 326 g/mol. The van der Waals surface area contributed by atoms with Crippen LogP contribution < -0.4 is 4.90 Å². The number of piperidine rings is 1. The van der Waals surface area contributed by atoms with Gasteiger partial charge in [-0.15, -0.1) is 0 Å². The van der Waals surface area contributed by atoms with Crippen molar-refractivity contribution in [2.45, 2.75) is 26.3 Å². The van der Waals surface area contributed by atoms with Gasteiger partial charge in [-0.1, -0.05) is 28.1 Å². The number of carbonyl (C=O) groups excluding carboxylic acids is 1. The zero-order valence-electron chi connectivity index (χ0n) is 11.3. The van der Waals surface area contributed by atoms with Crippen LogP contribution in [0.1, 0.15) is 25.3 Å². The minimum atomic E-state index is -0.00908. The molecule has 0 aromatic heterocycles. The predicted molar refractivity (Wildman–Crippen MR) is 77.9 cm³/mol. The summed E-state index contributed by atoms with van der Waals surface area (Å²) in [6.07, 6.45) is 1.90. The van der Waals surface area contributed by atoms with E-state index in [0.29, 0.717) is 6.61 Å². The number of halogens is 1. The molecule has 0 atom stereocenters. The Morgan fingerprint density at radius 3 is 2.53 bits per heavy atom. The summed E-state index contributed by atoms with van der Waals surface area (Å²) in [6.45, 7) is 5.51. The first-order chi connectivity index (χ1) is 9.19. The maximum Gasteiger partial charge on any atom is 0.309 e. The van der Waals surface area contributed by atoms with Gasteiger partial charge in [0.15, 0.2) is 0 Å². The molecule has 0 unspecified atom stereocenters. The topological polar surface area (TPSA) is 30.7 Å². The number of hydrogen-bond acceptors (Lipinski definition) is 2. The SMILES string of the molecule is CCOC(=O)C1CC[NH+](Cc2ccc(Br)cc2)CC1. The lowest BCUT2D eigenvalue weighted by molar-refractivity contribution is -0.919. The normalized spacial score (nSPS) is 23.1. The fourth-order valence-corrected chi connectivity index (χ4v) is 2.85. The Bertz CT molecular complexity index is 411. The molecule has 19 heavy (non-hydrogen) atoms. The zero-order valence-corrected chi connectivity index (χ0v) is 12.9. The lowest BCUT2D eigenvalue weighted by Crippen LogP contribution is -3.11. The van der Waals surface area contributed by atoms with Crippen molar-refractivity contribution in [2.75, 3.05) is 19.7 Å². The summed E-state index contributed by atoms with van der Waals surface area (Å²) in [4.78, 5) is 13.2. The third-order valence-corrected chi connectivity index (χ3v) is 4.21. The lowest BCUT2D eigenvalue weighted by atomic mass is 9.96. The summed E-state index contributed by atoms with van der Waals surface area (Å²) in [5.41, 5.74) is 1.35. The standard InChI is InChI=1S/C15H20BrNO2/c1-2-19-15(18)13-7-9-17(10-8-13)11-12-3-5-14(16)6-4-12/h3-6,13H,2,7-11H2,1H3/p+1. The van der Waals surface area contributed by atoms with Gasteiger partial charge in [0.05, 0.1) is 25.6 Å². The third-order valence-electron chi connectivity index (χ3n) is 3.68. The third kappa shape index (κ3) is 4.32. The van der Waals surface area contributed by atoms with Crippen molar-refractivity contribution < 1.29 is 14.4 Å². The van der Waals surface area contributed by atoms with E-state index in [2.05, 4.69) is 40.2 Å². The van der Waals surface area contributed by atoms with E-state index in [0.717, 1.165) is 36.9 Å². The smallest absolute Gasteiger partial charge is 0.309 e. The predicted octanol–water partition coefficient (Wildman–Crippen LogP) is 1.81. The summed E-state index contributed by atoms with van der Waals surface area (Å²) >= 11 is 3.45. The van der Waals surface area contributed by atoms with Crippen molar-refractivity contribution >= 4 is 21.9 Å². The highest BCUT2D eigenvalue weighted by molar-refractivity contribution is 9.10. The number of likely N-dealkylation sites (tertiary alicyclic amines) is 1. The minimum absolute atomic E-state index is 0.00908. The molecular weight excluding hydrogens is 306 g/mol. The van der Waals surface area contributed by atoms with Gasteiger partial charge in [-0.3, -0.25) is 4.79 Å². The van der Waals surface area contributed by atoms with Crippen molar-refractivity contribution in [1.29, 1.82) is 0 Å². The van der Waals surface area contributed by atoms with Crippen LogP contribution in [0.15, 0.2) is 28.7 Å². The van der Waals surface area contributed by atoms with Crippen LogP contribution in [-0.4, -0.2) is 25.7 Å². The van der Waals surface area contributed by atoms with Gasteiger partial charge in [0.25, 0.3) is 0 Å². The maximum atomic E-state index is 11.7. The van der Waals surface area contributed by atoms with Gasteiger partial charge in [0.1, 0.15) is 6.54 Å². The van der Waals surface area contributed by atoms with Gasteiger partial charge in [0.2, 0.25) is 0 Å². The first-order valence-corrected chi connectivity index (χ1v) is 7.73. The van der Waals surface area contributed by atoms with Crippen molar-refractivity contribution in [3.05, 3.63) is 34.3 Å². The number of benzene rings is 1. The Morgan fingerprint density at radius 1 is 1.32 bits per heavy atom. The van der Waals surface area contributed by atoms with E-state index >= 15 is 0 Å². The van der Waals surface area contributed by atoms with E-state index in [1.807, 2.05) is 6.92 Å². The first-order valence-electron chi connectivity index (χ1n) is 6.93. The Hall–Kier alpha value is -0.870. The molecule has 104 valence electrons. The number of rotatable bonds is 4. The molecule has 1 aliphatic rings. The number of hydrogen-bond donors (Lipinski definition) is 1. The molecule has 1 N–H and O–H groups in total. The maximum absolute atomic E-state index is 11.7. The average molecular weight is 327 g/mol. The fourth-order valence-electron chi connectivity index (χ4n) is 2.59. The second-order valence-electron chi connectivity index (χ2n) is 5.08. The van der Waals surface area contributed by atoms with Crippen molar-refractivity contribution in [3.63, 3.8) is 0 Å². The van der Waals surface area contributed by atoms with E-state index in [4.69, 9.17) is 4.74 Å². The van der Waals surface area contributed by atoms with Crippen LogP contribution in [0.25, 0.3) is 0 Å². The fraction of sp³-hybridized carbons (Fsp3) is 0.533. The van der Waals surface area contributed by atoms with Crippen LogP contribution in [0.4, 0.5) is 0 Å². The Balaban J connectivity index is 1.80. The molecule has 2 rings (SSSR count). The zero-order chi connectivity index (χ0) is 13.7. The molecular formula is C15H21BrNO2+. The average Bonchev–Trinajstić information content (AvgIpc) is 2.42. The summed E-state index contributed by atoms with van der Waals surface area (Å²) in [5.74, 6) is 0.110. The van der Waals surface area contributed by atoms with Gasteiger partial charge in [-0.05, 0) is 19.1 Å². The highest BCUT2D eigenvalue weighted by Crippen LogP contribution is 2.13. The minimum Gasteiger partial charge on any atom is -0.466 e. The largest absolute Gasteiger partial charge is 0.466 e. The summed E-state index contributed by atoms with van der Waals surface area (Å²) < 4.78 is 6.21. The lowest BCUT2D eigenvalue weighted by Gasteiger charge is -2.28. The number of quaternary nitrogens is 1. The molecule has 0 spiro atoms. The molecule has 0 saturated carbocycles. The van der Waals surface area contributed by atoms with Crippen molar-refractivity contribution in [2.24, 2.45) is 5.92 Å².